The third kappa shape index (κ3) is 8.85. The van der Waals surface area contributed by atoms with Gasteiger partial charge >= 0.3 is 5.97 Å². The third-order valence-corrected chi connectivity index (χ3v) is 10.3. The summed E-state index contributed by atoms with van der Waals surface area (Å²) in [7, 11) is -8.48. The molecule has 0 radical (unpaired) electrons. The van der Waals surface area contributed by atoms with Gasteiger partial charge in [0.2, 0.25) is 23.1 Å². The van der Waals surface area contributed by atoms with Gasteiger partial charge in [0.15, 0.2) is 15.5 Å². The number of aromatic nitrogens is 4. The highest BCUT2D eigenvalue weighted by atomic mass is 35.5. The lowest BCUT2D eigenvalue weighted by Gasteiger charge is -2.22. The molecule has 0 unspecified atom stereocenters. The number of nitrogens with two attached hydrogens (primary N) is 1. The molecule has 0 fully saturated rings. The summed E-state index contributed by atoms with van der Waals surface area (Å²) in [6.45, 7) is 4.43. The second-order valence-electron chi connectivity index (χ2n) is 10.9. The maximum absolute atomic E-state index is 13.2. The number of aromatic hydroxyl groups is 1. The van der Waals surface area contributed by atoms with E-state index in [0.29, 0.717) is 16.7 Å². The van der Waals surface area contributed by atoms with E-state index in [-0.39, 0.29) is 45.6 Å². The first-order valence-electron chi connectivity index (χ1n) is 15.2. The molecule has 0 aliphatic carbocycles. The van der Waals surface area contributed by atoms with Crippen LogP contribution in [0.25, 0.3) is 0 Å². The Labute approximate surface area is 301 Å². The highest BCUT2D eigenvalue weighted by Crippen LogP contribution is 2.33. The van der Waals surface area contributed by atoms with Crippen molar-refractivity contribution in [3.63, 3.8) is 0 Å². The molecule has 276 valence electrons. The van der Waals surface area contributed by atoms with E-state index in [0.717, 1.165) is 12.1 Å². The van der Waals surface area contributed by atoms with E-state index in [1.807, 2.05) is 0 Å². The van der Waals surface area contributed by atoms with Crippen LogP contribution in [0.4, 0.5) is 34.6 Å². The molecule has 52 heavy (non-hydrogen) atoms. The Bertz CT molecular complexity index is 2370. The van der Waals surface area contributed by atoms with Crippen LogP contribution in [0.1, 0.15) is 42.6 Å². The number of aliphatic carboxylic acids is 1. The maximum Gasteiger partial charge on any atom is 0.305 e. The summed E-state index contributed by atoms with van der Waals surface area (Å²) < 4.78 is 60.3. The number of primary amides is 1. The Balaban J connectivity index is 1.77. The van der Waals surface area contributed by atoms with Crippen LogP contribution < -0.4 is 21.5 Å². The minimum Gasteiger partial charge on any atom is -0.494 e. The van der Waals surface area contributed by atoms with Gasteiger partial charge < -0.3 is 26.2 Å². The number of carbonyl (C=O) groups is 2. The predicted octanol–water partition coefficient (Wildman–Crippen LogP) is 4.02. The third-order valence-electron chi connectivity index (χ3n) is 7.32. The zero-order chi connectivity index (χ0) is 38.5. The number of hydrogen-bond acceptors (Lipinski definition) is 15. The Morgan fingerprint density at radius 3 is 2.38 bits per heavy atom. The van der Waals surface area contributed by atoms with Crippen molar-refractivity contribution in [1.29, 1.82) is 0 Å². The molecule has 0 bridgehead atoms. The number of carboxylic acids is 1. The molecule has 2 aromatic carbocycles. The SMILES string of the molecule is CCCS(=O)(=O)c1cccc(N(CC)c2nc(Cl)nc(Nc3ccc(S(=O)(=O)O)c(N=Nc4c(C)c(C(N)=O)c(O)n(CCC(=O)O)c4=O)c3)n2)c1. The topological polar surface area (TPSA) is 290 Å². The van der Waals surface area contributed by atoms with E-state index < -0.39 is 78.1 Å². The van der Waals surface area contributed by atoms with Gasteiger partial charge in [0, 0.05) is 30.0 Å². The molecule has 2 aromatic heterocycles. The van der Waals surface area contributed by atoms with Crippen LogP contribution in [0.5, 0.6) is 5.88 Å². The average Bonchev–Trinajstić information content (AvgIpc) is 3.04. The first-order valence-corrected chi connectivity index (χ1v) is 18.6. The number of pyridine rings is 1. The van der Waals surface area contributed by atoms with Gasteiger partial charge in [-0.3, -0.25) is 23.5 Å². The van der Waals surface area contributed by atoms with Gasteiger partial charge in [0.05, 0.1) is 17.1 Å². The van der Waals surface area contributed by atoms with E-state index in [4.69, 9.17) is 22.4 Å². The number of benzene rings is 2. The molecular weight excluding hydrogens is 746 g/mol. The highest BCUT2D eigenvalue weighted by molar-refractivity contribution is 7.91. The van der Waals surface area contributed by atoms with Crippen molar-refractivity contribution < 1.29 is 41.2 Å². The van der Waals surface area contributed by atoms with E-state index in [1.165, 1.54) is 25.1 Å². The molecule has 22 heteroatoms. The van der Waals surface area contributed by atoms with Gasteiger partial charge in [-0.1, -0.05) is 13.0 Å². The van der Waals surface area contributed by atoms with Gasteiger partial charge in [0.1, 0.15) is 16.1 Å². The van der Waals surface area contributed by atoms with Crippen LogP contribution in [0.15, 0.2) is 67.3 Å². The first kappa shape index (κ1) is 39.3. The average molecular weight is 778 g/mol. The number of nitrogens with zero attached hydrogens (tertiary/aromatic N) is 7. The monoisotopic (exact) mass is 777 g/mol. The molecule has 0 atom stereocenters. The molecule has 4 rings (SSSR count). The molecule has 0 saturated carbocycles. The number of amides is 1. The Kier molecular flexibility index (Phi) is 11.9. The fraction of sp³-hybridized carbons (Fsp3) is 0.267. The molecule has 4 aromatic rings. The van der Waals surface area contributed by atoms with Crippen molar-refractivity contribution in [2.24, 2.45) is 16.0 Å². The van der Waals surface area contributed by atoms with Gasteiger partial charge in [-0.05, 0) is 68.3 Å². The smallest absolute Gasteiger partial charge is 0.305 e. The Morgan fingerprint density at radius 2 is 1.77 bits per heavy atom. The normalized spacial score (nSPS) is 11.9. The van der Waals surface area contributed by atoms with Crippen molar-refractivity contribution in [2.45, 2.75) is 49.9 Å². The van der Waals surface area contributed by atoms with E-state index in [2.05, 4.69) is 30.5 Å². The number of sulfone groups is 1. The number of carboxylic acid groups (broad SMARTS) is 1. The lowest BCUT2D eigenvalue weighted by Crippen LogP contribution is -2.26. The predicted molar refractivity (Wildman–Crippen MR) is 188 cm³/mol. The summed E-state index contributed by atoms with van der Waals surface area (Å²) in [5.41, 5.74) is 2.93. The van der Waals surface area contributed by atoms with Crippen LogP contribution in [0.2, 0.25) is 5.28 Å². The molecule has 0 saturated heterocycles. The summed E-state index contributed by atoms with van der Waals surface area (Å²) in [6.07, 6.45) is -0.199. The fourth-order valence-corrected chi connectivity index (χ4v) is 7.06. The number of carbonyl (C=O) groups excluding carboxylic acids is 1. The van der Waals surface area contributed by atoms with E-state index in [9.17, 15) is 40.9 Å². The number of rotatable bonds is 15. The second kappa shape index (κ2) is 15.8. The summed E-state index contributed by atoms with van der Waals surface area (Å²) in [5.74, 6) is -3.55. The standard InChI is InChI=1S/C30H32ClN9O10S2/c1-4-13-51(46,47)19-8-6-7-18(15-19)39(5-2)30-35-28(31)34-29(36-30)33-17-9-10-21(52(48,49)50)20(14-17)37-38-24-16(3)23(25(32)43)26(44)40(27(24)45)12-11-22(41)42/h6-10,14-15,44H,4-5,11-13H2,1-3H3,(H2,32,43)(H,41,42)(H,48,49,50)(H,33,34,35,36). The number of halogens is 1. The van der Waals surface area contributed by atoms with E-state index in [1.54, 1.807) is 30.9 Å². The van der Waals surface area contributed by atoms with Gasteiger partial charge in [-0.2, -0.15) is 23.4 Å². The minimum atomic E-state index is -4.94. The Morgan fingerprint density at radius 1 is 1.06 bits per heavy atom. The summed E-state index contributed by atoms with van der Waals surface area (Å²) in [6, 6.07) is 9.47. The maximum atomic E-state index is 13.2. The lowest BCUT2D eigenvalue weighted by molar-refractivity contribution is -0.137. The highest BCUT2D eigenvalue weighted by Gasteiger charge is 2.24. The van der Waals surface area contributed by atoms with Gasteiger partial charge in [0.25, 0.3) is 21.6 Å². The zero-order valence-corrected chi connectivity index (χ0v) is 30.1. The fourth-order valence-electron chi connectivity index (χ4n) is 4.94. The van der Waals surface area contributed by atoms with Crippen molar-refractivity contribution in [1.82, 2.24) is 19.5 Å². The molecular formula is C30H32ClN9O10S2. The van der Waals surface area contributed by atoms with Crippen molar-refractivity contribution in [3.05, 3.63) is 69.2 Å². The lowest BCUT2D eigenvalue weighted by atomic mass is 10.1. The van der Waals surface area contributed by atoms with Crippen molar-refractivity contribution >= 4 is 78.1 Å². The number of azo groups is 1. The van der Waals surface area contributed by atoms with Crippen LogP contribution in [-0.2, 0) is 31.3 Å². The molecule has 0 aliphatic rings. The second-order valence-corrected chi connectivity index (χ2v) is 14.7. The molecule has 6 N–H and O–H groups in total. The zero-order valence-electron chi connectivity index (χ0n) is 27.7. The Hall–Kier alpha value is -5.51. The summed E-state index contributed by atoms with van der Waals surface area (Å²) >= 11 is 6.23. The first-order chi connectivity index (χ1) is 24.4. The number of nitrogens with one attached hydrogen (secondary N) is 1. The molecule has 0 spiro atoms. The molecule has 2 heterocycles. The summed E-state index contributed by atoms with van der Waals surface area (Å²) in [5, 5.41) is 29.8. The van der Waals surface area contributed by atoms with E-state index >= 15 is 0 Å². The van der Waals surface area contributed by atoms with Gasteiger partial charge in [-0.25, -0.2) is 8.42 Å². The van der Waals surface area contributed by atoms with Crippen LogP contribution in [-0.4, -0.2) is 75.3 Å². The summed E-state index contributed by atoms with van der Waals surface area (Å²) in [4.78, 5) is 50.0. The molecule has 1 amide bonds. The van der Waals surface area contributed by atoms with Crippen molar-refractivity contribution in [2.75, 3.05) is 22.5 Å². The van der Waals surface area contributed by atoms with Gasteiger partial charge in [-0.15, -0.1) is 10.2 Å². The minimum absolute atomic E-state index is 0.0248. The van der Waals surface area contributed by atoms with Crippen LogP contribution >= 0.6 is 11.6 Å². The molecule has 19 nitrogen and oxygen atoms in total. The van der Waals surface area contributed by atoms with Crippen LogP contribution in [0, 0.1) is 6.92 Å². The van der Waals surface area contributed by atoms with Crippen molar-refractivity contribution in [3.8, 4) is 5.88 Å². The van der Waals surface area contributed by atoms with Crippen LogP contribution in [0.3, 0.4) is 0 Å². The number of hydrogen-bond donors (Lipinski definition) is 5. The quantitative estimate of drug-likeness (QED) is 0.0841. The number of anilines is 4. The molecule has 0 aliphatic heterocycles. The largest absolute Gasteiger partial charge is 0.494 e.